The maximum Gasteiger partial charge on any atom is 0.586 e. The van der Waals surface area contributed by atoms with E-state index in [0.29, 0.717) is 29.0 Å². The summed E-state index contributed by atoms with van der Waals surface area (Å²) in [4.78, 5) is 23.8. The Labute approximate surface area is 252 Å². The van der Waals surface area contributed by atoms with Gasteiger partial charge in [0.1, 0.15) is 6.10 Å². The highest BCUT2D eigenvalue weighted by atomic mass is 32.2. The molecule has 44 heavy (non-hydrogen) atoms. The lowest BCUT2D eigenvalue weighted by Crippen LogP contribution is -2.25. The van der Waals surface area contributed by atoms with E-state index in [0.717, 1.165) is 0 Å². The van der Waals surface area contributed by atoms with Crippen LogP contribution >= 0.6 is 11.8 Å². The zero-order valence-corrected chi connectivity index (χ0v) is 24.1. The van der Waals surface area contributed by atoms with Crippen molar-refractivity contribution in [2.75, 3.05) is 0 Å². The average molecular weight is 633 g/mol. The molecule has 0 amide bonds. The highest BCUT2D eigenvalue weighted by molar-refractivity contribution is 7.99. The Kier molecular flexibility index (Phi) is 7.78. The molecule has 3 aromatic carbocycles. The number of alkyl halides is 5. The number of fused-ring (bicyclic) bond motifs is 2. The van der Waals surface area contributed by atoms with Crippen LogP contribution in [-0.4, -0.2) is 22.0 Å². The third-order valence-electron chi connectivity index (χ3n) is 7.41. The van der Waals surface area contributed by atoms with E-state index in [2.05, 4.69) is 14.6 Å². The maximum absolute atomic E-state index is 14.3. The third kappa shape index (κ3) is 5.98. The molecule has 13 heteroatoms. The summed E-state index contributed by atoms with van der Waals surface area (Å²) >= 11 is 1.37. The minimum absolute atomic E-state index is 0.00639. The molecule has 1 aromatic heterocycles. The molecule has 0 saturated carbocycles. The molecule has 0 spiro atoms. The van der Waals surface area contributed by atoms with Crippen LogP contribution in [-0.2, 0) is 16.0 Å². The molecule has 3 unspecified atom stereocenters. The molecular formula is C31H25F5N2O5S. The van der Waals surface area contributed by atoms with Gasteiger partial charge in [0.05, 0.1) is 16.9 Å². The van der Waals surface area contributed by atoms with E-state index < -0.39 is 36.2 Å². The quantitative estimate of drug-likeness (QED) is 0.0873. The van der Waals surface area contributed by atoms with Gasteiger partial charge in [-0.15, -0.1) is 20.5 Å². The average Bonchev–Trinajstić information content (AvgIpc) is 3.55. The Bertz CT molecular complexity index is 1690. The van der Waals surface area contributed by atoms with Crippen LogP contribution in [0.25, 0.3) is 5.69 Å². The largest absolute Gasteiger partial charge is 0.586 e. The Morgan fingerprint density at radius 3 is 2.52 bits per heavy atom. The van der Waals surface area contributed by atoms with Gasteiger partial charge < -0.3 is 9.47 Å². The van der Waals surface area contributed by atoms with Crippen molar-refractivity contribution in [3.8, 4) is 17.2 Å². The predicted molar refractivity (Wildman–Crippen MR) is 149 cm³/mol. The molecule has 0 fully saturated rings. The lowest BCUT2D eigenvalue weighted by molar-refractivity contribution is -0.286. The van der Waals surface area contributed by atoms with E-state index >= 15 is 0 Å². The van der Waals surface area contributed by atoms with Crippen molar-refractivity contribution in [1.82, 2.24) is 9.78 Å². The van der Waals surface area contributed by atoms with Crippen molar-refractivity contribution in [2.24, 2.45) is 0 Å². The number of nitrogens with zero attached hydrogens (tertiary/aromatic N) is 2. The molecule has 6 rings (SSSR count). The maximum atomic E-state index is 14.3. The van der Waals surface area contributed by atoms with E-state index in [1.54, 1.807) is 55.5 Å². The van der Waals surface area contributed by atoms with Crippen LogP contribution in [0, 0.1) is 0 Å². The molecule has 2 heterocycles. The van der Waals surface area contributed by atoms with Gasteiger partial charge >= 0.3 is 18.4 Å². The first-order chi connectivity index (χ1) is 20.9. The summed E-state index contributed by atoms with van der Waals surface area (Å²) in [6, 6.07) is 19.4. The molecular weight excluding hydrogens is 607 g/mol. The lowest BCUT2D eigenvalue weighted by Gasteiger charge is -2.27. The summed E-state index contributed by atoms with van der Waals surface area (Å²) in [7, 11) is 0. The Morgan fingerprint density at radius 1 is 1.02 bits per heavy atom. The van der Waals surface area contributed by atoms with Crippen LogP contribution in [0.1, 0.15) is 76.8 Å². The molecule has 230 valence electrons. The van der Waals surface area contributed by atoms with Crippen LogP contribution in [0.4, 0.5) is 22.0 Å². The number of aromatic nitrogens is 2. The zero-order chi connectivity index (χ0) is 31.2. The Hall–Kier alpha value is -4.10. The second kappa shape index (κ2) is 11.4. The van der Waals surface area contributed by atoms with Crippen LogP contribution in [0.5, 0.6) is 11.5 Å². The topological polar surface area (TPSA) is 71.8 Å². The first-order valence-corrected chi connectivity index (χ1v) is 14.6. The van der Waals surface area contributed by atoms with Crippen molar-refractivity contribution in [3.05, 3.63) is 101 Å². The van der Waals surface area contributed by atoms with Crippen molar-refractivity contribution in [3.63, 3.8) is 0 Å². The van der Waals surface area contributed by atoms with Crippen molar-refractivity contribution >= 4 is 17.7 Å². The lowest BCUT2D eigenvalue weighted by atomic mass is 9.84. The fourth-order valence-electron chi connectivity index (χ4n) is 5.32. The summed E-state index contributed by atoms with van der Waals surface area (Å²) in [6.45, 7) is 3.55. The van der Waals surface area contributed by atoms with Gasteiger partial charge in [0, 0.05) is 15.7 Å². The minimum atomic E-state index is -4.73. The fourth-order valence-corrected chi connectivity index (χ4v) is 6.36. The van der Waals surface area contributed by atoms with Crippen LogP contribution in [0.15, 0.2) is 77.7 Å². The van der Waals surface area contributed by atoms with E-state index in [1.807, 2.05) is 6.92 Å². The van der Waals surface area contributed by atoms with Gasteiger partial charge in [-0.05, 0) is 73.7 Å². The fraction of sp³-hybridized carbons (Fsp3) is 0.290. The first kappa shape index (κ1) is 29.9. The normalized spacial score (nSPS) is 19.3. The van der Waals surface area contributed by atoms with Gasteiger partial charge in [-0.25, -0.2) is 9.48 Å². The first-order valence-electron chi connectivity index (χ1n) is 13.7. The monoisotopic (exact) mass is 632 g/mol. The van der Waals surface area contributed by atoms with Gasteiger partial charge in [-0.2, -0.15) is 23.2 Å². The number of ether oxygens (including phenoxy) is 2. The predicted octanol–water partition coefficient (Wildman–Crippen LogP) is 8.79. The molecule has 7 nitrogen and oxygen atoms in total. The van der Waals surface area contributed by atoms with Crippen LogP contribution < -0.4 is 9.47 Å². The molecule has 0 N–H and O–H groups in total. The number of rotatable bonds is 7. The number of carbonyl (C=O) groups excluding carboxylic acids is 1. The van der Waals surface area contributed by atoms with E-state index in [1.165, 1.54) is 40.7 Å². The third-order valence-corrected chi connectivity index (χ3v) is 8.56. The number of benzene rings is 3. The molecule has 0 bridgehead atoms. The number of hydrogen-bond acceptors (Lipinski definition) is 7. The summed E-state index contributed by atoms with van der Waals surface area (Å²) in [6.07, 6.45) is -8.80. The van der Waals surface area contributed by atoms with E-state index in [4.69, 9.17) is 9.78 Å². The molecule has 1 aliphatic carbocycles. The highest BCUT2D eigenvalue weighted by Crippen LogP contribution is 2.48. The summed E-state index contributed by atoms with van der Waals surface area (Å²) < 4.78 is 79.9. The Balaban J connectivity index is 1.30. The second-order valence-electron chi connectivity index (χ2n) is 10.5. The SMILES string of the molecule is CC1CCC(OOC(=O)c2ccccc2)c2c1c(C(F)(F)F)nn2-c1cccc(SC(C)c2ccc3c(c2)OC(F)(F)O3)c1. The highest BCUT2D eigenvalue weighted by Gasteiger charge is 2.45. The molecule has 3 atom stereocenters. The van der Waals surface area contributed by atoms with Crippen molar-refractivity contribution in [1.29, 1.82) is 0 Å². The van der Waals surface area contributed by atoms with Crippen molar-refractivity contribution < 1.29 is 46.0 Å². The zero-order valence-electron chi connectivity index (χ0n) is 23.3. The molecule has 4 aromatic rings. The smallest absolute Gasteiger partial charge is 0.395 e. The van der Waals surface area contributed by atoms with E-state index in [-0.39, 0.29) is 33.6 Å². The van der Waals surface area contributed by atoms with Crippen LogP contribution in [0.3, 0.4) is 0 Å². The Morgan fingerprint density at radius 2 is 1.77 bits per heavy atom. The van der Waals surface area contributed by atoms with Gasteiger partial charge in [0.2, 0.25) is 0 Å². The molecule has 0 radical (unpaired) electrons. The van der Waals surface area contributed by atoms with Crippen molar-refractivity contribution in [2.45, 2.75) is 61.3 Å². The number of hydrogen-bond donors (Lipinski definition) is 0. The molecule has 1 aliphatic heterocycles. The van der Waals surface area contributed by atoms with Gasteiger partial charge in [-0.1, -0.05) is 37.3 Å². The number of carbonyl (C=O) groups is 1. The van der Waals surface area contributed by atoms with Gasteiger partial charge in [0.15, 0.2) is 17.2 Å². The van der Waals surface area contributed by atoms with Gasteiger partial charge in [0.25, 0.3) is 0 Å². The number of halogens is 5. The summed E-state index contributed by atoms with van der Waals surface area (Å²) in [5, 5.41) is 3.76. The van der Waals surface area contributed by atoms with Gasteiger partial charge in [-0.3, -0.25) is 4.89 Å². The molecule has 2 aliphatic rings. The standard InChI is InChI=1S/C31H25F5N2O5S/c1-17-11-13-24(42-43-29(39)19-7-4-3-5-8-19)27-26(17)28(30(32,33)34)37-38(27)21-9-6-10-22(16-21)44-18(2)20-12-14-23-25(15-20)41-31(35,36)40-23/h3-10,12,14-18,24H,11,13H2,1-2H3. The van der Waals surface area contributed by atoms with Crippen LogP contribution in [0.2, 0.25) is 0 Å². The molecule has 0 saturated heterocycles. The summed E-state index contributed by atoms with van der Waals surface area (Å²) in [5.74, 6) is -1.39. The minimum Gasteiger partial charge on any atom is -0.395 e. The summed E-state index contributed by atoms with van der Waals surface area (Å²) in [5.41, 5.74) is 0.384. The number of thioether (sulfide) groups is 1. The van der Waals surface area contributed by atoms with E-state index in [9.17, 15) is 26.7 Å². The second-order valence-corrected chi connectivity index (χ2v) is 11.9.